The first kappa shape index (κ1) is 30.7. The highest BCUT2D eigenvalue weighted by atomic mass is 19.4. The highest BCUT2D eigenvalue weighted by Gasteiger charge is 2.33. The molecule has 0 bridgehead atoms. The van der Waals surface area contributed by atoms with Gasteiger partial charge in [-0.05, 0) is 80.6 Å². The summed E-state index contributed by atoms with van der Waals surface area (Å²) in [5, 5.41) is 3.99. The maximum atomic E-state index is 15.4. The van der Waals surface area contributed by atoms with Crippen molar-refractivity contribution in [1.29, 1.82) is 0 Å². The van der Waals surface area contributed by atoms with Gasteiger partial charge in [0.2, 0.25) is 0 Å². The number of rotatable bonds is 10. The van der Waals surface area contributed by atoms with Crippen LogP contribution in [-0.4, -0.2) is 52.7 Å². The van der Waals surface area contributed by atoms with Gasteiger partial charge in [0.1, 0.15) is 5.65 Å². The molecule has 0 unspecified atom stereocenters. The lowest BCUT2D eigenvalue weighted by atomic mass is 10.0. The molecule has 13 heteroatoms. The third-order valence-corrected chi connectivity index (χ3v) is 7.38. The Labute approximate surface area is 245 Å². The third kappa shape index (κ3) is 7.42. The molecule has 2 aromatic heterocycles. The van der Waals surface area contributed by atoms with E-state index in [9.17, 15) is 18.0 Å². The first-order chi connectivity index (χ1) is 20.5. The van der Waals surface area contributed by atoms with Crippen molar-refractivity contribution < 1.29 is 27.0 Å². The minimum absolute atomic E-state index is 0.0144. The van der Waals surface area contributed by atoms with Gasteiger partial charge in [-0.2, -0.15) is 4.98 Å². The number of ether oxygens (including phenoxy) is 2. The van der Waals surface area contributed by atoms with Gasteiger partial charge >= 0.3 is 12.1 Å². The van der Waals surface area contributed by atoms with Crippen LogP contribution in [0.25, 0.3) is 28.0 Å². The summed E-state index contributed by atoms with van der Waals surface area (Å²) in [5.74, 6) is -2.11. The second-order valence-corrected chi connectivity index (χ2v) is 10.9. The number of nitrogens with zero attached hydrogens (tertiary/aromatic N) is 2. The fourth-order valence-electron chi connectivity index (χ4n) is 5.28. The fraction of sp³-hybridized carbons (Fsp3) is 0.400. The number of H-pyrrole nitrogens is 1. The van der Waals surface area contributed by atoms with Gasteiger partial charge in [-0.3, -0.25) is 4.57 Å². The van der Waals surface area contributed by atoms with Crippen molar-refractivity contribution >= 4 is 11.0 Å². The molecule has 1 saturated heterocycles. The van der Waals surface area contributed by atoms with Crippen LogP contribution in [0, 0.1) is 5.82 Å². The van der Waals surface area contributed by atoms with Crippen LogP contribution in [0.1, 0.15) is 43.4 Å². The molecule has 0 amide bonds. The minimum Gasteiger partial charge on any atom is -0.403 e. The quantitative estimate of drug-likeness (QED) is 0.197. The predicted octanol–water partition coefficient (Wildman–Crippen LogP) is 4.47. The average Bonchev–Trinajstić information content (AvgIpc) is 3.36. The number of aromatic nitrogens is 3. The highest BCUT2D eigenvalue weighted by Crippen LogP contribution is 2.35. The standard InChI is InChI=1S/C30H34F4N6O3/c1-17(36)3-2-4-18-11-23(27(31)26(12-18)43-30(32,33)34)24-13-20-14-40(29(41)39-28(20)38-24)22-7-5-19(6-8-22)25-16-42-15-21(37-25)9-10-35/h5-8,11-14,17,21,25,37H,2-4,9-10,15-16,35-36H2,1H3,(H,38,39,41)/t17-,21-,25-/m0/s1. The van der Waals surface area contributed by atoms with Crippen LogP contribution in [0.4, 0.5) is 17.6 Å². The van der Waals surface area contributed by atoms with Gasteiger partial charge in [0.05, 0.1) is 30.6 Å². The summed E-state index contributed by atoms with van der Waals surface area (Å²) in [6.07, 6.45) is -1.11. The minimum atomic E-state index is -5.07. The van der Waals surface area contributed by atoms with E-state index in [0.717, 1.165) is 18.1 Å². The summed E-state index contributed by atoms with van der Waals surface area (Å²) in [7, 11) is 0. The van der Waals surface area contributed by atoms with E-state index in [2.05, 4.69) is 20.0 Å². The topological polar surface area (TPSA) is 133 Å². The van der Waals surface area contributed by atoms with Gasteiger partial charge in [-0.15, -0.1) is 13.2 Å². The summed E-state index contributed by atoms with van der Waals surface area (Å²) >= 11 is 0. The van der Waals surface area contributed by atoms with Crippen molar-refractivity contribution in [3.8, 4) is 22.7 Å². The number of fused-ring (bicyclic) bond motifs is 1. The normalized spacial score (nSPS) is 18.2. The summed E-state index contributed by atoms with van der Waals surface area (Å²) in [6.45, 7) is 3.50. The number of morpholine rings is 1. The van der Waals surface area contributed by atoms with Crippen LogP contribution in [0.5, 0.6) is 5.75 Å². The first-order valence-corrected chi connectivity index (χ1v) is 14.1. The molecular weight excluding hydrogens is 568 g/mol. The van der Waals surface area contributed by atoms with Crippen LogP contribution < -0.4 is 27.2 Å². The van der Waals surface area contributed by atoms with E-state index in [0.29, 0.717) is 55.7 Å². The number of halogens is 4. The molecule has 0 spiro atoms. The molecule has 9 nitrogen and oxygen atoms in total. The molecule has 1 fully saturated rings. The second-order valence-electron chi connectivity index (χ2n) is 10.9. The van der Waals surface area contributed by atoms with Crippen molar-refractivity contribution in [2.45, 2.75) is 57.1 Å². The van der Waals surface area contributed by atoms with Crippen molar-refractivity contribution in [3.63, 3.8) is 0 Å². The van der Waals surface area contributed by atoms with E-state index in [1.165, 1.54) is 16.7 Å². The van der Waals surface area contributed by atoms with E-state index in [1.807, 2.05) is 19.1 Å². The number of alkyl halides is 3. The van der Waals surface area contributed by atoms with E-state index >= 15 is 4.39 Å². The van der Waals surface area contributed by atoms with Crippen LogP contribution in [0.2, 0.25) is 0 Å². The molecule has 1 aliphatic heterocycles. The van der Waals surface area contributed by atoms with Gasteiger partial charge in [-0.1, -0.05) is 12.1 Å². The summed E-state index contributed by atoms with van der Waals surface area (Å²) < 4.78 is 65.6. The Bertz CT molecular complexity index is 1620. The number of hydrogen-bond donors (Lipinski definition) is 4. The van der Waals surface area contributed by atoms with E-state index in [1.54, 1.807) is 18.3 Å². The highest BCUT2D eigenvalue weighted by molar-refractivity contribution is 5.83. The number of hydrogen-bond acceptors (Lipinski definition) is 7. The molecule has 3 heterocycles. The molecule has 3 atom stereocenters. The van der Waals surface area contributed by atoms with Crippen molar-refractivity contribution in [3.05, 3.63) is 76.1 Å². The van der Waals surface area contributed by atoms with Crippen LogP contribution in [0.3, 0.4) is 0 Å². The fourth-order valence-corrected chi connectivity index (χ4v) is 5.28. The van der Waals surface area contributed by atoms with E-state index in [-0.39, 0.29) is 35.0 Å². The van der Waals surface area contributed by atoms with Crippen molar-refractivity contribution in [2.24, 2.45) is 11.5 Å². The van der Waals surface area contributed by atoms with Gasteiger partial charge < -0.3 is 31.2 Å². The molecule has 5 rings (SSSR count). The Balaban J connectivity index is 1.45. The van der Waals surface area contributed by atoms with Gasteiger partial charge in [0, 0.05) is 29.2 Å². The molecule has 1 aliphatic rings. The maximum absolute atomic E-state index is 15.4. The van der Waals surface area contributed by atoms with E-state index in [4.69, 9.17) is 16.2 Å². The Morgan fingerprint density at radius 1 is 1.19 bits per heavy atom. The summed E-state index contributed by atoms with van der Waals surface area (Å²) in [4.78, 5) is 19.9. The molecular formula is C30H34F4N6O3. The van der Waals surface area contributed by atoms with Gasteiger partial charge in [-0.25, -0.2) is 9.18 Å². The van der Waals surface area contributed by atoms with Gasteiger partial charge in [0.25, 0.3) is 0 Å². The molecule has 4 aromatic rings. The summed E-state index contributed by atoms with van der Waals surface area (Å²) in [5.41, 5.74) is 13.1. The lowest BCUT2D eigenvalue weighted by molar-refractivity contribution is -0.275. The smallest absolute Gasteiger partial charge is 0.403 e. The van der Waals surface area contributed by atoms with Gasteiger partial charge in [0.15, 0.2) is 11.6 Å². The number of nitrogens with one attached hydrogen (secondary N) is 2. The number of aryl methyl sites for hydroxylation is 1. The Morgan fingerprint density at radius 2 is 1.95 bits per heavy atom. The molecule has 0 saturated carbocycles. The lowest BCUT2D eigenvalue weighted by Crippen LogP contribution is -2.44. The zero-order chi connectivity index (χ0) is 30.7. The largest absolute Gasteiger partial charge is 0.573 e. The first-order valence-electron chi connectivity index (χ1n) is 14.1. The molecule has 0 aliphatic carbocycles. The molecule has 230 valence electrons. The summed E-state index contributed by atoms with van der Waals surface area (Å²) in [6, 6.07) is 11.5. The molecule has 0 radical (unpaired) electrons. The van der Waals surface area contributed by atoms with Crippen LogP contribution in [0.15, 0.2) is 53.5 Å². The predicted molar refractivity (Wildman–Crippen MR) is 155 cm³/mol. The second kappa shape index (κ2) is 12.8. The maximum Gasteiger partial charge on any atom is 0.573 e. The third-order valence-electron chi connectivity index (χ3n) is 7.38. The van der Waals surface area contributed by atoms with Crippen LogP contribution >= 0.6 is 0 Å². The van der Waals surface area contributed by atoms with E-state index < -0.39 is 23.6 Å². The molecule has 2 aromatic carbocycles. The lowest BCUT2D eigenvalue weighted by Gasteiger charge is -2.31. The van der Waals surface area contributed by atoms with Crippen molar-refractivity contribution in [1.82, 2.24) is 19.9 Å². The molecule has 6 N–H and O–H groups in total. The Morgan fingerprint density at radius 3 is 2.65 bits per heavy atom. The number of nitrogens with two attached hydrogens (primary N) is 2. The SMILES string of the molecule is C[C@H](N)CCCc1cc(OC(F)(F)F)c(F)c(-c2cc3cn(-c4ccc([C@@H]5COC[C@H](CCN)N5)cc4)c(=O)nc3[nH]2)c1. The average molecular weight is 603 g/mol. The monoisotopic (exact) mass is 602 g/mol. The van der Waals surface area contributed by atoms with Crippen molar-refractivity contribution in [2.75, 3.05) is 19.8 Å². The zero-order valence-electron chi connectivity index (χ0n) is 23.6. The Hall–Kier alpha value is -3.78. The number of aromatic amines is 1. The molecule has 43 heavy (non-hydrogen) atoms. The Kier molecular flexibility index (Phi) is 9.16. The number of benzene rings is 2. The van der Waals surface area contributed by atoms with Crippen LogP contribution in [-0.2, 0) is 11.2 Å². The zero-order valence-corrected chi connectivity index (χ0v) is 23.6.